The van der Waals surface area contributed by atoms with Gasteiger partial charge in [0.1, 0.15) is 0 Å². The number of thiol groups is 1. The minimum absolute atomic E-state index is 0.0214. The van der Waals surface area contributed by atoms with Crippen LogP contribution in [-0.2, 0) is 5.75 Å². The Bertz CT molecular complexity index is 865. The molecule has 0 heterocycles. The van der Waals surface area contributed by atoms with Gasteiger partial charge in [0, 0.05) is 23.2 Å². The summed E-state index contributed by atoms with van der Waals surface area (Å²) in [7, 11) is 6.43. The van der Waals surface area contributed by atoms with Crippen molar-refractivity contribution in [2.75, 3.05) is 35.0 Å². The lowest BCUT2D eigenvalue weighted by atomic mass is 9.89. The van der Waals surface area contributed by atoms with Crippen LogP contribution in [0.5, 0.6) is 28.7 Å². The molecule has 176 valence electrons. The first-order chi connectivity index (χ1) is 15.5. The number of hydrogen-bond donors (Lipinski definition) is 2. The SMILES string of the molecule is CCCOc1c(CS)cc(C2CCC(c3cc(OC)c(OC)c(OC)c3)C2O)cc1OC. The molecule has 0 spiro atoms. The number of rotatable bonds is 10. The first-order valence-electron chi connectivity index (χ1n) is 10.9. The summed E-state index contributed by atoms with van der Waals surface area (Å²) in [4.78, 5) is 0. The van der Waals surface area contributed by atoms with Crippen molar-refractivity contribution in [3.05, 3.63) is 41.0 Å². The molecular weight excluding hydrogens is 428 g/mol. The van der Waals surface area contributed by atoms with Crippen LogP contribution in [0, 0.1) is 0 Å². The van der Waals surface area contributed by atoms with Gasteiger partial charge in [0.2, 0.25) is 5.75 Å². The second-order valence-electron chi connectivity index (χ2n) is 7.96. The topological polar surface area (TPSA) is 66.4 Å². The molecule has 2 aromatic rings. The molecule has 7 heteroatoms. The number of aliphatic hydroxyl groups is 1. The van der Waals surface area contributed by atoms with Gasteiger partial charge in [-0.05, 0) is 48.6 Å². The predicted molar refractivity (Wildman–Crippen MR) is 128 cm³/mol. The molecule has 0 bridgehead atoms. The van der Waals surface area contributed by atoms with Crippen molar-refractivity contribution in [2.24, 2.45) is 0 Å². The van der Waals surface area contributed by atoms with Crippen LogP contribution in [0.4, 0.5) is 0 Å². The van der Waals surface area contributed by atoms with Gasteiger partial charge in [-0.15, -0.1) is 0 Å². The van der Waals surface area contributed by atoms with Gasteiger partial charge in [0.25, 0.3) is 0 Å². The molecule has 0 aromatic heterocycles. The van der Waals surface area contributed by atoms with Gasteiger partial charge in [0.05, 0.1) is 41.2 Å². The van der Waals surface area contributed by atoms with Gasteiger partial charge in [0.15, 0.2) is 23.0 Å². The number of ether oxygens (including phenoxy) is 5. The van der Waals surface area contributed by atoms with Crippen molar-refractivity contribution in [3.8, 4) is 28.7 Å². The lowest BCUT2D eigenvalue weighted by Crippen LogP contribution is -2.19. The standard InChI is InChI=1S/C25H34O6S/c1-6-9-31-24-17(14-32)10-15(11-20(24)27-2)18-7-8-19(23(18)26)16-12-21(28-3)25(30-5)22(13-16)29-4/h10-13,18-19,23,26,32H,6-9,14H2,1-5H3. The first-order valence-corrected chi connectivity index (χ1v) is 11.6. The Morgan fingerprint density at radius 2 is 1.31 bits per heavy atom. The molecule has 1 fully saturated rings. The van der Waals surface area contributed by atoms with Crippen LogP contribution in [0.25, 0.3) is 0 Å². The molecule has 0 saturated heterocycles. The summed E-state index contributed by atoms with van der Waals surface area (Å²) in [5.41, 5.74) is 2.98. The number of hydrogen-bond acceptors (Lipinski definition) is 7. The van der Waals surface area contributed by atoms with Crippen molar-refractivity contribution < 1.29 is 28.8 Å². The molecule has 1 aliphatic rings. The molecule has 32 heavy (non-hydrogen) atoms. The molecular formula is C25H34O6S. The van der Waals surface area contributed by atoms with Crippen LogP contribution in [0.2, 0.25) is 0 Å². The maximum Gasteiger partial charge on any atom is 0.203 e. The van der Waals surface area contributed by atoms with Crippen LogP contribution >= 0.6 is 12.6 Å². The monoisotopic (exact) mass is 462 g/mol. The average Bonchev–Trinajstić information content (AvgIpc) is 3.22. The second-order valence-corrected chi connectivity index (χ2v) is 8.27. The summed E-state index contributed by atoms with van der Waals surface area (Å²) < 4.78 is 28.0. The highest BCUT2D eigenvalue weighted by molar-refractivity contribution is 7.79. The van der Waals surface area contributed by atoms with E-state index in [0.717, 1.165) is 41.7 Å². The molecule has 1 saturated carbocycles. The van der Waals surface area contributed by atoms with Crippen molar-refractivity contribution >= 4 is 12.6 Å². The Hall–Kier alpha value is -2.25. The third kappa shape index (κ3) is 4.74. The minimum atomic E-state index is -0.558. The summed E-state index contributed by atoms with van der Waals surface area (Å²) in [6, 6.07) is 7.94. The number of benzene rings is 2. The van der Waals surface area contributed by atoms with E-state index in [1.54, 1.807) is 28.4 Å². The lowest BCUT2D eigenvalue weighted by Gasteiger charge is -2.24. The lowest BCUT2D eigenvalue weighted by molar-refractivity contribution is 0.145. The molecule has 0 aliphatic heterocycles. The zero-order chi connectivity index (χ0) is 23.3. The predicted octanol–water partition coefficient (Wildman–Crippen LogP) is 4.96. The average molecular weight is 463 g/mol. The molecule has 1 N–H and O–H groups in total. The van der Waals surface area contributed by atoms with Gasteiger partial charge < -0.3 is 28.8 Å². The second kappa shape index (κ2) is 11.1. The normalized spacial score (nSPS) is 20.2. The third-order valence-electron chi connectivity index (χ3n) is 6.15. The highest BCUT2D eigenvalue weighted by Crippen LogP contribution is 2.49. The van der Waals surface area contributed by atoms with Gasteiger partial charge in [-0.1, -0.05) is 13.0 Å². The fraction of sp³-hybridized carbons (Fsp3) is 0.520. The van der Waals surface area contributed by atoms with Crippen molar-refractivity contribution in [2.45, 2.75) is 49.9 Å². The van der Waals surface area contributed by atoms with Gasteiger partial charge in [-0.2, -0.15) is 12.6 Å². The van der Waals surface area contributed by atoms with E-state index in [4.69, 9.17) is 23.7 Å². The summed E-state index contributed by atoms with van der Waals surface area (Å²) in [5, 5.41) is 11.3. The Labute approximate surface area is 196 Å². The summed E-state index contributed by atoms with van der Waals surface area (Å²) in [5.74, 6) is 3.62. The summed E-state index contributed by atoms with van der Waals surface area (Å²) in [6.07, 6.45) is 2.05. The van der Waals surface area contributed by atoms with Gasteiger partial charge in [-0.3, -0.25) is 0 Å². The van der Waals surface area contributed by atoms with Crippen LogP contribution in [0.3, 0.4) is 0 Å². The first kappa shape index (κ1) is 24.4. The van der Waals surface area contributed by atoms with Crippen LogP contribution in [0.1, 0.15) is 54.7 Å². The number of methoxy groups -OCH3 is 4. The molecule has 6 nitrogen and oxygen atoms in total. The Kier molecular flexibility index (Phi) is 8.43. The molecule has 2 aromatic carbocycles. The molecule has 1 aliphatic carbocycles. The quantitative estimate of drug-likeness (QED) is 0.487. The van der Waals surface area contributed by atoms with E-state index in [0.29, 0.717) is 35.4 Å². The molecule has 0 radical (unpaired) electrons. The zero-order valence-corrected chi connectivity index (χ0v) is 20.4. The smallest absolute Gasteiger partial charge is 0.203 e. The van der Waals surface area contributed by atoms with Crippen LogP contribution in [-0.4, -0.2) is 46.3 Å². The van der Waals surface area contributed by atoms with E-state index in [1.807, 2.05) is 18.2 Å². The van der Waals surface area contributed by atoms with Crippen molar-refractivity contribution in [1.82, 2.24) is 0 Å². The largest absolute Gasteiger partial charge is 0.493 e. The van der Waals surface area contributed by atoms with Crippen molar-refractivity contribution in [1.29, 1.82) is 0 Å². The van der Waals surface area contributed by atoms with Gasteiger partial charge in [-0.25, -0.2) is 0 Å². The minimum Gasteiger partial charge on any atom is -0.493 e. The van der Waals surface area contributed by atoms with E-state index < -0.39 is 6.10 Å². The molecule has 3 atom stereocenters. The fourth-order valence-electron chi connectivity index (χ4n) is 4.56. The zero-order valence-electron chi connectivity index (χ0n) is 19.5. The Balaban J connectivity index is 1.94. The summed E-state index contributed by atoms with van der Waals surface area (Å²) >= 11 is 4.50. The van der Waals surface area contributed by atoms with E-state index in [-0.39, 0.29) is 11.8 Å². The Morgan fingerprint density at radius 3 is 1.75 bits per heavy atom. The van der Waals surface area contributed by atoms with E-state index in [2.05, 4.69) is 25.6 Å². The highest BCUT2D eigenvalue weighted by Gasteiger charge is 2.38. The Morgan fingerprint density at radius 1 is 0.812 bits per heavy atom. The van der Waals surface area contributed by atoms with E-state index >= 15 is 0 Å². The maximum atomic E-state index is 11.3. The van der Waals surface area contributed by atoms with Crippen molar-refractivity contribution in [3.63, 3.8) is 0 Å². The third-order valence-corrected chi connectivity index (χ3v) is 6.49. The maximum absolute atomic E-state index is 11.3. The molecule has 3 unspecified atom stereocenters. The van der Waals surface area contributed by atoms with Crippen LogP contribution < -0.4 is 23.7 Å². The number of aliphatic hydroxyl groups excluding tert-OH is 1. The fourth-order valence-corrected chi connectivity index (χ4v) is 4.79. The van der Waals surface area contributed by atoms with E-state index in [1.165, 1.54) is 0 Å². The summed E-state index contributed by atoms with van der Waals surface area (Å²) in [6.45, 7) is 2.69. The van der Waals surface area contributed by atoms with Gasteiger partial charge >= 0.3 is 0 Å². The van der Waals surface area contributed by atoms with E-state index in [9.17, 15) is 5.11 Å². The van der Waals surface area contributed by atoms with Crippen LogP contribution in [0.15, 0.2) is 24.3 Å². The molecule has 0 amide bonds. The molecule has 3 rings (SSSR count). The highest BCUT2D eigenvalue weighted by atomic mass is 32.1.